The molecule has 0 amide bonds. The van der Waals surface area contributed by atoms with Crippen molar-refractivity contribution in [2.24, 2.45) is 17.3 Å². The molecular weight excluding hydrogens is 388 g/mol. The Labute approximate surface area is 179 Å². The molecule has 2 rings (SSSR count). The molecule has 3 unspecified atom stereocenters. The van der Waals surface area contributed by atoms with Gasteiger partial charge in [-0.05, 0) is 56.4 Å². The van der Waals surface area contributed by atoms with Crippen LogP contribution >= 0.6 is 11.6 Å². The summed E-state index contributed by atoms with van der Waals surface area (Å²) in [6.07, 6.45) is 6.56. The summed E-state index contributed by atoms with van der Waals surface area (Å²) in [6.45, 7) is 10.3. The van der Waals surface area contributed by atoms with Gasteiger partial charge in [-0.1, -0.05) is 44.0 Å². The zero-order valence-electron chi connectivity index (χ0n) is 18.4. The second-order valence-electron chi connectivity index (χ2n) is 8.72. The average Bonchev–Trinajstić information content (AvgIpc) is 2.70. The van der Waals surface area contributed by atoms with Crippen LogP contribution in [-0.4, -0.2) is 24.3 Å². The molecule has 0 heterocycles. The SMILES string of the molecule is COc1c(Cl)c(C)c(C=O)c(O)c1C/C=C(\C)CCC1(C)C(C)CCC(=O)C1C. The number of ketones is 1. The minimum absolute atomic E-state index is 0.00210. The monoisotopic (exact) mass is 420 g/mol. The molecule has 0 saturated heterocycles. The van der Waals surface area contributed by atoms with Gasteiger partial charge in [-0.15, -0.1) is 0 Å². The molecular formula is C24H33ClO4. The number of hydrogen-bond acceptors (Lipinski definition) is 4. The number of carbonyl (C=O) groups is 2. The number of allylic oxidation sites excluding steroid dienone is 2. The van der Waals surface area contributed by atoms with Crippen LogP contribution in [-0.2, 0) is 11.2 Å². The fourth-order valence-electron chi connectivity index (χ4n) is 4.42. The molecule has 0 aromatic heterocycles. The third-order valence-electron chi connectivity index (χ3n) is 7.20. The number of aromatic hydroxyl groups is 1. The summed E-state index contributed by atoms with van der Waals surface area (Å²) >= 11 is 6.35. The number of hydrogen-bond donors (Lipinski definition) is 1. The highest BCUT2D eigenvalue weighted by Crippen LogP contribution is 2.47. The van der Waals surface area contributed by atoms with Crippen LogP contribution in [0.2, 0.25) is 5.02 Å². The highest BCUT2D eigenvalue weighted by atomic mass is 35.5. The van der Waals surface area contributed by atoms with E-state index < -0.39 is 0 Å². The van der Waals surface area contributed by atoms with E-state index in [2.05, 4.69) is 27.7 Å². The van der Waals surface area contributed by atoms with Gasteiger partial charge in [0.2, 0.25) is 0 Å². The minimum Gasteiger partial charge on any atom is -0.507 e. The van der Waals surface area contributed by atoms with Gasteiger partial charge < -0.3 is 9.84 Å². The molecule has 1 N–H and O–H groups in total. The number of benzene rings is 1. The van der Waals surface area contributed by atoms with Crippen LogP contribution in [0.1, 0.15) is 74.9 Å². The lowest BCUT2D eigenvalue weighted by Gasteiger charge is -2.44. The molecule has 4 nitrogen and oxygen atoms in total. The van der Waals surface area contributed by atoms with Crippen LogP contribution in [0.15, 0.2) is 11.6 Å². The molecule has 1 aliphatic carbocycles. The Kier molecular flexibility index (Phi) is 7.56. The van der Waals surface area contributed by atoms with Gasteiger partial charge in [-0.3, -0.25) is 9.59 Å². The van der Waals surface area contributed by atoms with E-state index in [4.69, 9.17) is 16.3 Å². The highest BCUT2D eigenvalue weighted by molar-refractivity contribution is 6.33. The van der Waals surface area contributed by atoms with Crippen LogP contribution in [0.5, 0.6) is 11.5 Å². The van der Waals surface area contributed by atoms with Crippen molar-refractivity contribution in [2.45, 2.75) is 66.7 Å². The summed E-state index contributed by atoms with van der Waals surface area (Å²) in [5, 5.41) is 10.9. The average molecular weight is 421 g/mol. The zero-order valence-corrected chi connectivity index (χ0v) is 19.2. The molecule has 0 bridgehead atoms. The second-order valence-corrected chi connectivity index (χ2v) is 9.10. The predicted molar refractivity (Wildman–Crippen MR) is 117 cm³/mol. The maximum atomic E-state index is 12.2. The maximum Gasteiger partial charge on any atom is 0.154 e. The van der Waals surface area contributed by atoms with E-state index in [9.17, 15) is 14.7 Å². The number of halogens is 1. The van der Waals surface area contributed by atoms with Crippen LogP contribution in [0.3, 0.4) is 0 Å². The van der Waals surface area contributed by atoms with Crippen molar-refractivity contribution in [1.29, 1.82) is 0 Å². The lowest BCUT2D eigenvalue weighted by Crippen LogP contribution is -2.41. The third-order valence-corrected chi connectivity index (χ3v) is 7.66. The standard InChI is InChI=1S/C24H33ClO4/c1-14(11-12-24(5)15(2)8-10-20(27)17(24)4)7-9-18-22(28)19(13-26)16(3)21(25)23(18)29-6/h7,13,15,17,28H,8-12H2,1-6H3/b14-7+. The van der Waals surface area contributed by atoms with Crippen molar-refractivity contribution in [3.8, 4) is 11.5 Å². The Bertz CT molecular complexity index is 827. The van der Waals surface area contributed by atoms with Gasteiger partial charge in [0.25, 0.3) is 0 Å². The molecule has 1 saturated carbocycles. The van der Waals surface area contributed by atoms with Crippen molar-refractivity contribution in [3.05, 3.63) is 33.4 Å². The summed E-state index contributed by atoms with van der Waals surface area (Å²) in [5.74, 6) is 1.29. The van der Waals surface area contributed by atoms with E-state index >= 15 is 0 Å². The molecule has 1 aromatic carbocycles. The number of rotatable bonds is 7. The van der Waals surface area contributed by atoms with Crippen molar-refractivity contribution >= 4 is 23.7 Å². The molecule has 160 valence electrons. The van der Waals surface area contributed by atoms with Gasteiger partial charge in [0, 0.05) is 17.9 Å². The number of aldehydes is 1. The molecule has 0 radical (unpaired) electrons. The zero-order chi connectivity index (χ0) is 21.9. The fourth-order valence-corrected chi connectivity index (χ4v) is 4.72. The Balaban J connectivity index is 2.21. The van der Waals surface area contributed by atoms with Crippen molar-refractivity contribution < 1.29 is 19.4 Å². The normalized spacial score (nSPS) is 25.2. The molecule has 1 fully saturated rings. The quantitative estimate of drug-likeness (QED) is 0.428. The smallest absolute Gasteiger partial charge is 0.154 e. The number of methoxy groups -OCH3 is 1. The van der Waals surface area contributed by atoms with E-state index in [0.29, 0.717) is 52.7 Å². The molecule has 0 aliphatic heterocycles. The van der Waals surface area contributed by atoms with Crippen molar-refractivity contribution in [3.63, 3.8) is 0 Å². The van der Waals surface area contributed by atoms with Crippen LogP contribution in [0.4, 0.5) is 0 Å². The number of Topliss-reactive ketones (excluding diaryl/α,β-unsaturated/α-hetero) is 1. The third kappa shape index (κ3) is 4.53. The fraction of sp³-hybridized carbons (Fsp3) is 0.583. The number of phenols is 1. The van der Waals surface area contributed by atoms with E-state index in [0.717, 1.165) is 19.3 Å². The minimum atomic E-state index is -0.0742. The van der Waals surface area contributed by atoms with Crippen molar-refractivity contribution in [1.82, 2.24) is 0 Å². The first-order chi connectivity index (χ1) is 13.6. The Morgan fingerprint density at radius 3 is 2.62 bits per heavy atom. The maximum absolute atomic E-state index is 12.2. The van der Waals surface area contributed by atoms with E-state index in [1.54, 1.807) is 6.92 Å². The first-order valence-corrected chi connectivity index (χ1v) is 10.7. The van der Waals surface area contributed by atoms with E-state index in [1.807, 2.05) is 6.08 Å². The van der Waals surface area contributed by atoms with Gasteiger partial charge in [0.05, 0.1) is 17.7 Å². The number of ether oxygens (including phenoxy) is 1. The van der Waals surface area contributed by atoms with Gasteiger partial charge in [-0.25, -0.2) is 0 Å². The lowest BCUT2D eigenvalue weighted by atomic mass is 9.59. The summed E-state index contributed by atoms with van der Waals surface area (Å²) in [4.78, 5) is 23.6. The molecule has 1 aromatic rings. The predicted octanol–water partition coefficient (Wildman–Crippen LogP) is 6.09. The summed E-state index contributed by atoms with van der Waals surface area (Å²) in [5.41, 5.74) is 2.41. The molecule has 29 heavy (non-hydrogen) atoms. The molecule has 0 spiro atoms. The summed E-state index contributed by atoms with van der Waals surface area (Å²) < 4.78 is 5.41. The van der Waals surface area contributed by atoms with Gasteiger partial charge in [0.15, 0.2) is 6.29 Å². The van der Waals surface area contributed by atoms with Gasteiger partial charge in [0.1, 0.15) is 17.3 Å². The number of phenolic OH excluding ortho intramolecular Hbond substituents is 1. The Morgan fingerprint density at radius 2 is 2.03 bits per heavy atom. The lowest BCUT2D eigenvalue weighted by molar-refractivity contribution is -0.132. The van der Waals surface area contributed by atoms with Crippen LogP contribution in [0, 0.1) is 24.2 Å². The topological polar surface area (TPSA) is 63.6 Å². The first-order valence-electron chi connectivity index (χ1n) is 10.3. The molecule has 1 aliphatic rings. The molecule has 5 heteroatoms. The first kappa shape index (κ1) is 23.5. The van der Waals surface area contributed by atoms with Crippen LogP contribution in [0.25, 0.3) is 0 Å². The van der Waals surface area contributed by atoms with Gasteiger partial charge in [-0.2, -0.15) is 0 Å². The van der Waals surface area contributed by atoms with Gasteiger partial charge >= 0.3 is 0 Å². The van der Waals surface area contributed by atoms with Crippen LogP contribution < -0.4 is 4.74 Å². The molecule has 3 atom stereocenters. The Hall–Kier alpha value is -1.81. The van der Waals surface area contributed by atoms with E-state index in [1.165, 1.54) is 12.7 Å². The summed E-state index contributed by atoms with van der Waals surface area (Å²) in [6, 6.07) is 0. The highest BCUT2D eigenvalue weighted by Gasteiger charge is 2.42. The van der Waals surface area contributed by atoms with Crippen molar-refractivity contribution in [2.75, 3.05) is 7.11 Å². The largest absolute Gasteiger partial charge is 0.507 e. The van der Waals surface area contributed by atoms with E-state index in [-0.39, 0.29) is 22.6 Å². The Morgan fingerprint density at radius 1 is 1.38 bits per heavy atom. The second kappa shape index (κ2) is 9.34. The summed E-state index contributed by atoms with van der Waals surface area (Å²) in [7, 11) is 1.50. The number of carbonyl (C=O) groups excluding carboxylic acids is 2.